The summed E-state index contributed by atoms with van der Waals surface area (Å²) >= 11 is 0. The summed E-state index contributed by atoms with van der Waals surface area (Å²) in [5, 5.41) is 4.21. The van der Waals surface area contributed by atoms with E-state index in [1.165, 1.54) is 4.31 Å². The predicted molar refractivity (Wildman–Crippen MR) is 98.5 cm³/mol. The normalized spacial score (nSPS) is 16.1. The maximum Gasteiger partial charge on any atom is 0.253 e. The average molecular weight is 376 g/mol. The summed E-state index contributed by atoms with van der Waals surface area (Å²) in [6.07, 6.45) is 0. The minimum absolute atomic E-state index is 0.0560. The molecule has 26 heavy (non-hydrogen) atoms. The van der Waals surface area contributed by atoms with E-state index in [1.54, 1.807) is 36.5 Å². The molecule has 0 radical (unpaired) electrons. The van der Waals surface area contributed by atoms with E-state index in [2.05, 4.69) is 5.10 Å². The molecule has 1 aromatic carbocycles. The first-order valence-corrected chi connectivity index (χ1v) is 10.0. The largest absolute Gasteiger partial charge is 0.336 e. The van der Waals surface area contributed by atoms with Gasteiger partial charge >= 0.3 is 0 Å². The highest BCUT2D eigenvalue weighted by atomic mass is 32.2. The standard InChI is InChI=1S/C18H24N4O3S/c1-13-6-5-7-16(12-13)18(23)21-8-10-22(11-9-21)26(24,25)17-14(2)19-20(4)15(17)3/h5-7,12H,8-11H2,1-4H3. The van der Waals surface area contributed by atoms with Crippen molar-refractivity contribution >= 4 is 15.9 Å². The minimum Gasteiger partial charge on any atom is -0.336 e. The Labute approximate surface area is 154 Å². The second kappa shape index (κ2) is 6.85. The van der Waals surface area contributed by atoms with Crippen molar-refractivity contribution in [3.05, 3.63) is 46.8 Å². The zero-order valence-electron chi connectivity index (χ0n) is 15.6. The molecule has 0 N–H and O–H groups in total. The predicted octanol–water partition coefficient (Wildman–Crippen LogP) is 1.49. The molecule has 1 aliphatic heterocycles. The maximum atomic E-state index is 13.0. The second-order valence-corrected chi connectivity index (χ2v) is 8.56. The van der Waals surface area contributed by atoms with Gasteiger partial charge in [0.25, 0.3) is 5.91 Å². The van der Waals surface area contributed by atoms with E-state index < -0.39 is 10.0 Å². The Morgan fingerprint density at radius 3 is 2.27 bits per heavy atom. The third kappa shape index (κ3) is 3.26. The summed E-state index contributed by atoms with van der Waals surface area (Å²) in [7, 11) is -1.88. The molecular formula is C18H24N4O3S. The van der Waals surface area contributed by atoms with Crippen LogP contribution in [0, 0.1) is 20.8 Å². The Bertz CT molecular complexity index is 941. The number of nitrogens with zero attached hydrogens (tertiary/aromatic N) is 4. The topological polar surface area (TPSA) is 75.5 Å². The summed E-state index contributed by atoms with van der Waals surface area (Å²) in [5.74, 6) is -0.0560. The molecule has 1 amide bonds. The van der Waals surface area contributed by atoms with E-state index in [4.69, 9.17) is 0 Å². The van der Waals surface area contributed by atoms with Gasteiger partial charge in [-0.15, -0.1) is 0 Å². The molecule has 0 bridgehead atoms. The lowest BCUT2D eigenvalue weighted by Crippen LogP contribution is -2.50. The van der Waals surface area contributed by atoms with Crippen LogP contribution in [0.1, 0.15) is 27.3 Å². The third-order valence-corrected chi connectivity index (χ3v) is 6.98. The first-order valence-electron chi connectivity index (χ1n) is 8.58. The van der Waals surface area contributed by atoms with Gasteiger partial charge in [0, 0.05) is 38.8 Å². The monoisotopic (exact) mass is 376 g/mol. The molecule has 0 unspecified atom stereocenters. The number of aromatic nitrogens is 2. The molecule has 1 fully saturated rings. The van der Waals surface area contributed by atoms with Crippen LogP contribution in [0.15, 0.2) is 29.2 Å². The number of carbonyl (C=O) groups excluding carboxylic acids is 1. The van der Waals surface area contributed by atoms with Gasteiger partial charge in [0.1, 0.15) is 4.90 Å². The van der Waals surface area contributed by atoms with Crippen molar-refractivity contribution < 1.29 is 13.2 Å². The fourth-order valence-electron chi connectivity index (χ4n) is 3.35. The Kier molecular flexibility index (Phi) is 4.90. The van der Waals surface area contributed by atoms with Crippen LogP contribution in [0.4, 0.5) is 0 Å². The molecule has 3 rings (SSSR count). The molecule has 0 saturated carbocycles. The maximum absolute atomic E-state index is 13.0. The highest BCUT2D eigenvalue weighted by Gasteiger charge is 2.34. The minimum atomic E-state index is -3.61. The van der Waals surface area contributed by atoms with E-state index in [1.807, 2.05) is 25.1 Å². The molecular weight excluding hydrogens is 352 g/mol. The van der Waals surface area contributed by atoms with Crippen LogP contribution in [0.2, 0.25) is 0 Å². The van der Waals surface area contributed by atoms with Crippen LogP contribution in [-0.2, 0) is 17.1 Å². The van der Waals surface area contributed by atoms with Gasteiger partial charge in [-0.2, -0.15) is 9.40 Å². The molecule has 1 aromatic heterocycles. The van der Waals surface area contributed by atoms with Crippen LogP contribution in [0.25, 0.3) is 0 Å². The highest BCUT2D eigenvalue weighted by Crippen LogP contribution is 2.24. The highest BCUT2D eigenvalue weighted by molar-refractivity contribution is 7.89. The summed E-state index contributed by atoms with van der Waals surface area (Å²) < 4.78 is 29.0. The van der Waals surface area contributed by atoms with Crippen molar-refractivity contribution in [3.63, 3.8) is 0 Å². The molecule has 1 aliphatic rings. The number of benzene rings is 1. The number of piperazine rings is 1. The van der Waals surface area contributed by atoms with Crippen LogP contribution < -0.4 is 0 Å². The second-order valence-electron chi connectivity index (χ2n) is 6.69. The van der Waals surface area contributed by atoms with Gasteiger partial charge in [-0.25, -0.2) is 8.42 Å². The first-order chi connectivity index (χ1) is 12.2. The Morgan fingerprint density at radius 2 is 1.73 bits per heavy atom. The number of hydrogen-bond donors (Lipinski definition) is 0. The number of rotatable bonds is 3. The molecule has 2 aromatic rings. The van der Waals surface area contributed by atoms with Crippen molar-refractivity contribution in [1.82, 2.24) is 19.0 Å². The molecule has 140 valence electrons. The zero-order chi connectivity index (χ0) is 19.1. The zero-order valence-corrected chi connectivity index (χ0v) is 16.4. The first kappa shape index (κ1) is 18.6. The summed E-state index contributed by atoms with van der Waals surface area (Å²) in [6.45, 7) is 6.73. The molecule has 7 nitrogen and oxygen atoms in total. The summed E-state index contributed by atoms with van der Waals surface area (Å²) in [4.78, 5) is 14.6. The summed E-state index contributed by atoms with van der Waals surface area (Å²) in [6, 6.07) is 7.45. The SMILES string of the molecule is Cc1cccc(C(=O)N2CCN(S(=O)(=O)c3c(C)nn(C)c3C)CC2)c1. The Hall–Kier alpha value is -2.19. The molecule has 0 aliphatic carbocycles. The molecule has 8 heteroatoms. The van der Waals surface area contributed by atoms with Gasteiger partial charge in [0.05, 0.1) is 11.4 Å². The summed E-state index contributed by atoms with van der Waals surface area (Å²) in [5.41, 5.74) is 2.80. The van der Waals surface area contributed by atoms with Crippen molar-refractivity contribution in [2.45, 2.75) is 25.7 Å². The number of amides is 1. The lowest BCUT2D eigenvalue weighted by atomic mass is 10.1. The van der Waals surface area contributed by atoms with Crippen LogP contribution in [0.3, 0.4) is 0 Å². The molecule has 1 saturated heterocycles. The Balaban J connectivity index is 1.75. The lowest BCUT2D eigenvalue weighted by Gasteiger charge is -2.34. The van der Waals surface area contributed by atoms with E-state index in [-0.39, 0.29) is 23.9 Å². The van der Waals surface area contributed by atoms with Gasteiger partial charge < -0.3 is 4.90 Å². The number of sulfonamides is 1. The van der Waals surface area contributed by atoms with Crippen molar-refractivity contribution in [3.8, 4) is 0 Å². The molecule has 0 atom stereocenters. The fourth-order valence-corrected chi connectivity index (χ4v) is 5.17. The van der Waals surface area contributed by atoms with E-state index >= 15 is 0 Å². The molecule has 0 spiro atoms. The van der Waals surface area contributed by atoms with Crippen molar-refractivity contribution in [2.75, 3.05) is 26.2 Å². The van der Waals surface area contributed by atoms with Gasteiger partial charge in [0.2, 0.25) is 10.0 Å². The molecule has 2 heterocycles. The van der Waals surface area contributed by atoms with Gasteiger partial charge in [-0.1, -0.05) is 17.7 Å². The van der Waals surface area contributed by atoms with Crippen LogP contribution in [0.5, 0.6) is 0 Å². The Morgan fingerprint density at radius 1 is 1.08 bits per heavy atom. The smallest absolute Gasteiger partial charge is 0.253 e. The van der Waals surface area contributed by atoms with Crippen molar-refractivity contribution in [2.24, 2.45) is 7.05 Å². The van der Waals surface area contributed by atoms with E-state index in [9.17, 15) is 13.2 Å². The number of carbonyl (C=O) groups is 1. The van der Waals surface area contributed by atoms with Gasteiger partial charge in [0.15, 0.2) is 0 Å². The van der Waals surface area contributed by atoms with E-state index in [0.717, 1.165) is 5.56 Å². The van der Waals surface area contributed by atoms with Crippen LogP contribution >= 0.6 is 0 Å². The van der Waals surface area contributed by atoms with Gasteiger partial charge in [-0.3, -0.25) is 9.48 Å². The van der Waals surface area contributed by atoms with Crippen LogP contribution in [-0.4, -0.2) is 59.5 Å². The van der Waals surface area contributed by atoms with Crippen molar-refractivity contribution in [1.29, 1.82) is 0 Å². The number of aryl methyl sites for hydroxylation is 3. The van der Waals surface area contributed by atoms with Gasteiger partial charge in [-0.05, 0) is 32.9 Å². The third-order valence-electron chi connectivity index (χ3n) is 4.83. The quantitative estimate of drug-likeness (QED) is 0.813. The van der Waals surface area contributed by atoms with E-state index in [0.29, 0.717) is 30.0 Å². The number of hydrogen-bond acceptors (Lipinski definition) is 4. The average Bonchev–Trinajstić information content (AvgIpc) is 2.87. The fraction of sp³-hybridized carbons (Fsp3) is 0.444. The lowest BCUT2D eigenvalue weighted by molar-refractivity contribution is 0.0697.